The van der Waals surface area contributed by atoms with Crippen molar-refractivity contribution < 1.29 is 9.53 Å². The molecule has 1 aliphatic carbocycles. The second kappa shape index (κ2) is 21.0. The van der Waals surface area contributed by atoms with Gasteiger partial charge in [0.05, 0.1) is 0 Å². The van der Waals surface area contributed by atoms with Gasteiger partial charge in [0.25, 0.3) is 0 Å². The van der Waals surface area contributed by atoms with Gasteiger partial charge in [-0.1, -0.05) is 145 Å². The minimum Gasteiger partial charge on any atom is -0.461 e. The molecule has 0 aliphatic heterocycles. The molecule has 0 radical (unpaired) electrons. The Kier molecular flexibility index (Phi) is 18.9. The number of carbonyl (C=O) groups is 1. The molecule has 0 amide bonds. The van der Waals surface area contributed by atoms with Gasteiger partial charge in [-0.15, -0.1) is 0 Å². The molecule has 0 bridgehead atoms. The maximum atomic E-state index is 12.0. The second-order valence-corrected chi connectivity index (χ2v) is 12.2. The van der Waals surface area contributed by atoms with E-state index in [9.17, 15) is 4.79 Å². The Labute approximate surface area is 236 Å². The van der Waals surface area contributed by atoms with E-state index in [2.05, 4.69) is 71.9 Å². The lowest BCUT2D eigenvalue weighted by atomic mass is 9.72. The monoisotopic (exact) mass is 524 g/mol. The van der Waals surface area contributed by atoms with E-state index in [1.165, 1.54) is 107 Å². The zero-order chi connectivity index (χ0) is 28.1. The number of ether oxygens (including phenoxy) is 1. The molecular weight excluding hydrogens is 464 g/mol. The summed E-state index contributed by atoms with van der Waals surface area (Å²) in [5.74, 6) is -0.0720. The minimum absolute atomic E-state index is 0.0720. The number of esters is 1. The molecule has 1 aliphatic rings. The van der Waals surface area contributed by atoms with Gasteiger partial charge in [-0.25, -0.2) is 0 Å². The van der Waals surface area contributed by atoms with E-state index in [0.717, 1.165) is 18.4 Å². The van der Waals surface area contributed by atoms with Gasteiger partial charge in [0.2, 0.25) is 0 Å². The molecule has 2 heteroatoms. The SMILES string of the molecule is CCCCCCCCCCCCCCCC(=O)OC/C=C(\C)C=CC=C(C)C=CC1=C(C)CCCC1(C)C. The van der Waals surface area contributed by atoms with Crippen LogP contribution in [0.3, 0.4) is 0 Å². The van der Waals surface area contributed by atoms with Crippen LogP contribution in [0.15, 0.2) is 58.7 Å². The van der Waals surface area contributed by atoms with E-state index in [1.807, 2.05) is 6.08 Å². The summed E-state index contributed by atoms with van der Waals surface area (Å²) >= 11 is 0. The molecular formula is C36H60O2. The van der Waals surface area contributed by atoms with Gasteiger partial charge in [0.15, 0.2) is 0 Å². The van der Waals surface area contributed by atoms with Crippen molar-refractivity contribution >= 4 is 5.97 Å². The van der Waals surface area contributed by atoms with Crippen molar-refractivity contribution in [3.05, 3.63) is 58.7 Å². The molecule has 0 heterocycles. The van der Waals surface area contributed by atoms with E-state index >= 15 is 0 Å². The van der Waals surface area contributed by atoms with Crippen LogP contribution in [0.2, 0.25) is 0 Å². The van der Waals surface area contributed by atoms with Crippen molar-refractivity contribution in [2.45, 2.75) is 151 Å². The zero-order valence-electron chi connectivity index (χ0n) is 26.0. The predicted molar refractivity (Wildman–Crippen MR) is 167 cm³/mol. The van der Waals surface area contributed by atoms with Crippen LogP contribution < -0.4 is 0 Å². The molecule has 0 aromatic heterocycles. The molecule has 0 aromatic rings. The van der Waals surface area contributed by atoms with Crippen molar-refractivity contribution in [1.29, 1.82) is 0 Å². The number of hydrogen-bond acceptors (Lipinski definition) is 2. The second-order valence-electron chi connectivity index (χ2n) is 12.2. The van der Waals surface area contributed by atoms with E-state index in [-0.39, 0.29) is 11.4 Å². The van der Waals surface area contributed by atoms with Crippen molar-refractivity contribution in [1.82, 2.24) is 0 Å². The molecule has 216 valence electrons. The van der Waals surface area contributed by atoms with Gasteiger partial charge in [0.1, 0.15) is 6.61 Å². The Morgan fingerprint density at radius 3 is 2.00 bits per heavy atom. The minimum atomic E-state index is -0.0720. The highest BCUT2D eigenvalue weighted by Crippen LogP contribution is 2.40. The molecule has 0 fully saturated rings. The molecule has 0 N–H and O–H groups in total. The average Bonchev–Trinajstić information content (AvgIpc) is 2.86. The third kappa shape index (κ3) is 16.9. The van der Waals surface area contributed by atoms with Crippen LogP contribution in [0.25, 0.3) is 0 Å². The normalized spacial score (nSPS) is 16.7. The highest BCUT2D eigenvalue weighted by atomic mass is 16.5. The topological polar surface area (TPSA) is 26.3 Å². The van der Waals surface area contributed by atoms with E-state index in [0.29, 0.717) is 13.0 Å². The fraction of sp³-hybridized carbons (Fsp3) is 0.694. The number of rotatable bonds is 20. The third-order valence-electron chi connectivity index (χ3n) is 7.91. The van der Waals surface area contributed by atoms with Gasteiger partial charge >= 0.3 is 5.97 Å². The van der Waals surface area contributed by atoms with Crippen LogP contribution in [0, 0.1) is 5.41 Å². The summed E-state index contributed by atoms with van der Waals surface area (Å²) in [5, 5.41) is 0. The maximum Gasteiger partial charge on any atom is 0.306 e. The molecule has 0 unspecified atom stereocenters. The Bertz CT molecular complexity index is 803. The van der Waals surface area contributed by atoms with Crippen LogP contribution in [-0.4, -0.2) is 12.6 Å². The lowest BCUT2D eigenvalue weighted by Crippen LogP contribution is -2.19. The molecule has 0 atom stereocenters. The molecule has 0 saturated heterocycles. The predicted octanol–water partition coefficient (Wildman–Crippen LogP) is 11.5. The molecule has 0 aromatic carbocycles. The Morgan fingerprint density at radius 2 is 1.42 bits per heavy atom. The first-order valence-corrected chi connectivity index (χ1v) is 15.8. The first kappa shape index (κ1) is 34.2. The van der Waals surface area contributed by atoms with Crippen LogP contribution in [-0.2, 0) is 9.53 Å². The van der Waals surface area contributed by atoms with Crippen LogP contribution in [0.4, 0.5) is 0 Å². The molecule has 1 rings (SSSR count). The summed E-state index contributed by atoms with van der Waals surface area (Å²) in [4.78, 5) is 12.0. The highest BCUT2D eigenvalue weighted by molar-refractivity contribution is 5.69. The van der Waals surface area contributed by atoms with Crippen molar-refractivity contribution in [2.24, 2.45) is 5.41 Å². The Hall–Kier alpha value is -1.83. The molecule has 0 saturated carbocycles. The van der Waals surface area contributed by atoms with Crippen LogP contribution in [0.5, 0.6) is 0 Å². The van der Waals surface area contributed by atoms with Crippen molar-refractivity contribution in [2.75, 3.05) is 6.61 Å². The van der Waals surface area contributed by atoms with Crippen molar-refractivity contribution in [3.63, 3.8) is 0 Å². The van der Waals surface area contributed by atoms with Gasteiger partial charge in [-0.3, -0.25) is 4.79 Å². The summed E-state index contributed by atoms with van der Waals surface area (Å²) in [6.07, 6.45) is 34.3. The summed E-state index contributed by atoms with van der Waals surface area (Å²) in [6, 6.07) is 0. The summed E-state index contributed by atoms with van der Waals surface area (Å²) in [6.45, 7) is 13.8. The van der Waals surface area contributed by atoms with Crippen LogP contribution in [0.1, 0.15) is 151 Å². The third-order valence-corrected chi connectivity index (χ3v) is 7.91. The zero-order valence-corrected chi connectivity index (χ0v) is 26.0. The van der Waals surface area contributed by atoms with E-state index in [4.69, 9.17) is 4.74 Å². The maximum absolute atomic E-state index is 12.0. The Morgan fingerprint density at radius 1 is 0.842 bits per heavy atom. The lowest BCUT2D eigenvalue weighted by Gasteiger charge is -2.32. The number of unbranched alkanes of at least 4 members (excludes halogenated alkanes) is 12. The summed E-state index contributed by atoms with van der Waals surface area (Å²) in [7, 11) is 0. The first-order chi connectivity index (χ1) is 18.3. The standard InChI is InChI=1S/C36H60O2/c1-7-8-9-10-11-12-13-14-15-16-17-18-19-25-35(37)38-30-28-32(3)23-20-22-31(2)26-27-34-33(4)24-21-29-36(34,5)6/h20,22-23,26-28H,7-19,21,24-25,29-30H2,1-6H3/b23-20?,27-26?,31-22?,32-28+. The van der Waals surface area contributed by atoms with Crippen LogP contribution >= 0.6 is 0 Å². The summed E-state index contributed by atoms with van der Waals surface area (Å²) < 4.78 is 5.40. The number of allylic oxidation sites excluding steroid dienone is 9. The lowest BCUT2D eigenvalue weighted by molar-refractivity contribution is -0.142. The number of hydrogen-bond donors (Lipinski definition) is 0. The quantitative estimate of drug-likeness (QED) is 0.0899. The van der Waals surface area contributed by atoms with Gasteiger partial charge in [0, 0.05) is 6.42 Å². The molecule has 38 heavy (non-hydrogen) atoms. The number of carbonyl (C=O) groups excluding carboxylic acids is 1. The molecule has 0 spiro atoms. The smallest absolute Gasteiger partial charge is 0.306 e. The fourth-order valence-electron chi connectivity index (χ4n) is 5.33. The van der Waals surface area contributed by atoms with E-state index < -0.39 is 0 Å². The summed E-state index contributed by atoms with van der Waals surface area (Å²) in [5.41, 5.74) is 5.65. The van der Waals surface area contributed by atoms with Gasteiger partial charge in [-0.2, -0.15) is 0 Å². The van der Waals surface area contributed by atoms with Gasteiger partial charge in [-0.05, 0) is 63.5 Å². The van der Waals surface area contributed by atoms with E-state index in [1.54, 1.807) is 0 Å². The van der Waals surface area contributed by atoms with Crippen molar-refractivity contribution in [3.8, 4) is 0 Å². The highest BCUT2D eigenvalue weighted by Gasteiger charge is 2.26. The van der Waals surface area contributed by atoms with Gasteiger partial charge < -0.3 is 4.74 Å². The average molecular weight is 525 g/mol. The Balaban J connectivity index is 2.13. The largest absolute Gasteiger partial charge is 0.461 e. The fourth-order valence-corrected chi connectivity index (χ4v) is 5.33. The molecule has 2 nitrogen and oxygen atoms in total. The first-order valence-electron chi connectivity index (χ1n) is 15.8.